The Kier molecular flexibility index (Phi) is 8.09. The van der Waals surface area contributed by atoms with Crippen LogP contribution in [0.3, 0.4) is 0 Å². The molecule has 0 nitrogen and oxygen atoms in total. The first-order chi connectivity index (χ1) is 17.4. The molecule has 2 aliphatic carbocycles. The van der Waals surface area contributed by atoms with E-state index in [-0.39, 0.29) is 7.25 Å². The number of allylic oxidation sites excluding steroid dienone is 2. The van der Waals surface area contributed by atoms with Crippen LogP contribution in [-0.2, 0) is 15.6 Å². The second-order valence-corrected chi connectivity index (χ2v) is 65.6. The number of fused-ring (bicyclic) bond motifs is 2. The zero-order valence-corrected chi connectivity index (χ0v) is 31.7. The molecule has 0 fully saturated rings. The van der Waals surface area contributed by atoms with E-state index in [0.717, 1.165) is 11.1 Å². The normalized spacial score (nSPS) is 19.8. The van der Waals surface area contributed by atoms with Crippen molar-refractivity contribution in [3.8, 4) is 22.9 Å². The van der Waals surface area contributed by atoms with Gasteiger partial charge in [-0.2, -0.15) is 0 Å². The van der Waals surface area contributed by atoms with E-state index in [9.17, 15) is 0 Å². The Balaban J connectivity index is 1.93. The summed E-state index contributed by atoms with van der Waals surface area (Å²) in [6, 6.07) is 13.2. The summed E-state index contributed by atoms with van der Waals surface area (Å²) in [7, 11) is 13.6. The molecule has 2 aromatic carbocycles. The molecule has 2 aliphatic rings. The van der Waals surface area contributed by atoms with Gasteiger partial charge in [-0.25, -0.2) is 0 Å². The van der Waals surface area contributed by atoms with Gasteiger partial charge in [0.25, 0.3) is 0 Å². The molecule has 199 valence electrons. The van der Waals surface area contributed by atoms with Crippen LogP contribution >= 0.6 is 17.0 Å². The summed E-state index contributed by atoms with van der Waals surface area (Å²) < 4.78 is 0.206. The van der Waals surface area contributed by atoms with E-state index in [4.69, 9.17) is 17.0 Å². The molecule has 38 heavy (non-hydrogen) atoms. The summed E-state index contributed by atoms with van der Waals surface area (Å²) in [6.07, 6.45) is 4.68. The van der Waals surface area contributed by atoms with Gasteiger partial charge in [0, 0.05) is 0 Å². The van der Waals surface area contributed by atoms with E-state index in [0.29, 0.717) is 0 Å². The number of hydrogen-bond acceptors (Lipinski definition) is 0. The summed E-state index contributed by atoms with van der Waals surface area (Å²) in [5.41, 5.74) is 17.1. The molecule has 0 radical (unpaired) electrons. The summed E-state index contributed by atoms with van der Waals surface area (Å²) in [5, 5.41) is 0. The van der Waals surface area contributed by atoms with Crippen molar-refractivity contribution in [2.24, 2.45) is 0 Å². The Bertz CT molecular complexity index is 1390. The molecule has 2 unspecified atom stereocenters. The summed E-state index contributed by atoms with van der Waals surface area (Å²) in [6.45, 7) is 23.0. The second-order valence-electron chi connectivity index (χ2n) is 13.6. The third kappa shape index (κ3) is 5.40. The molecule has 6 heteroatoms. The van der Waals surface area contributed by atoms with E-state index >= 15 is 0 Å². The first kappa shape index (κ1) is 30.1. The van der Waals surface area contributed by atoms with E-state index in [1.165, 1.54) is 33.4 Å². The van der Waals surface area contributed by atoms with Gasteiger partial charge in [0.1, 0.15) is 0 Å². The third-order valence-electron chi connectivity index (χ3n) is 7.91. The average molecular weight is 672 g/mol. The number of hydrogen-bond donors (Lipinski definition) is 0. The quantitative estimate of drug-likeness (QED) is 0.225. The van der Waals surface area contributed by atoms with Crippen LogP contribution in [-0.4, -0.2) is 22.1 Å². The SMILES string of the molecule is CC1=Cc2c(C#C[Si](C)(C)C)cccc2[CH]1[Zr]([Cl])([Cl])([CH]1C(C)=Cc2c(C#C[Si](C)(C)C)cccc21)[SiH](C)C. The van der Waals surface area contributed by atoms with Crippen molar-refractivity contribution in [3.05, 3.63) is 80.9 Å². The molecule has 0 spiro atoms. The van der Waals surface area contributed by atoms with E-state index in [1.54, 1.807) is 0 Å². The first-order valence-electron chi connectivity index (χ1n) is 13.7. The van der Waals surface area contributed by atoms with Crippen LogP contribution in [0.5, 0.6) is 0 Å². The Morgan fingerprint density at radius 3 is 1.37 bits per heavy atom. The summed E-state index contributed by atoms with van der Waals surface area (Å²) in [5.74, 6) is 5.54. The fraction of sp³-hybridized carbons (Fsp3) is 0.375. The summed E-state index contributed by atoms with van der Waals surface area (Å²) in [4.78, 5) is 0. The average Bonchev–Trinajstić information content (AvgIpc) is 3.32. The minimum absolute atomic E-state index is 0.103. The Morgan fingerprint density at radius 2 is 1.05 bits per heavy atom. The molecule has 0 N–H and O–H groups in total. The van der Waals surface area contributed by atoms with Crippen LogP contribution in [0.1, 0.15) is 54.5 Å². The number of halogens is 2. The molecule has 0 aliphatic heterocycles. The molecular formula is C32H41Cl2Si3Zr. The van der Waals surface area contributed by atoms with Crippen LogP contribution in [0.25, 0.3) is 12.2 Å². The van der Waals surface area contributed by atoms with Crippen molar-refractivity contribution >= 4 is 51.2 Å². The van der Waals surface area contributed by atoms with Gasteiger partial charge in [-0.15, -0.1) is 0 Å². The zero-order chi connectivity index (χ0) is 28.3. The van der Waals surface area contributed by atoms with E-state index in [1.807, 2.05) is 0 Å². The minimum atomic E-state index is -4.62. The molecule has 2 aromatic rings. The van der Waals surface area contributed by atoms with Crippen LogP contribution < -0.4 is 0 Å². The molecule has 0 saturated carbocycles. The number of rotatable bonds is 3. The maximum atomic E-state index is 8.29. The molecule has 0 amide bonds. The molecule has 0 heterocycles. The van der Waals surface area contributed by atoms with Gasteiger partial charge in [0.15, 0.2) is 0 Å². The fourth-order valence-electron chi connectivity index (χ4n) is 6.13. The Hall–Kier alpha value is -0.846. The Labute approximate surface area is 242 Å². The zero-order valence-electron chi connectivity index (χ0n) is 24.6. The van der Waals surface area contributed by atoms with Crippen molar-refractivity contribution < 1.29 is 15.6 Å². The third-order valence-corrected chi connectivity index (χ3v) is 61.9. The van der Waals surface area contributed by atoms with Crippen molar-refractivity contribution in [1.82, 2.24) is 0 Å². The van der Waals surface area contributed by atoms with Gasteiger partial charge in [-0.05, 0) is 0 Å². The van der Waals surface area contributed by atoms with Crippen molar-refractivity contribution in [2.75, 3.05) is 0 Å². The molecule has 0 saturated heterocycles. The summed E-state index contributed by atoms with van der Waals surface area (Å²) >= 11 is -4.62. The van der Waals surface area contributed by atoms with Crippen molar-refractivity contribution in [1.29, 1.82) is 0 Å². The van der Waals surface area contributed by atoms with Crippen LogP contribution in [0.4, 0.5) is 0 Å². The van der Waals surface area contributed by atoms with Crippen LogP contribution in [0.15, 0.2) is 47.5 Å². The molecule has 2 atom stereocenters. The molecule has 0 bridgehead atoms. The maximum absolute atomic E-state index is 8.29. The predicted molar refractivity (Wildman–Crippen MR) is 177 cm³/mol. The fourth-order valence-corrected chi connectivity index (χ4v) is 40.1. The van der Waals surface area contributed by atoms with Crippen LogP contribution in [0.2, 0.25) is 52.4 Å². The van der Waals surface area contributed by atoms with Gasteiger partial charge in [0.05, 0.1) is 0 Å². The monoisotopic (exact) mass is 669 g/mol. The van der Waals surface area contributed by atoms with E-state index in [2.05, 4.69) is 138 Å². The van der Waals surface area contributed by atoms with Gasteiger partial charge in [-0.3, -0.25) is 0 Å². The van der Waals surface area contributed by atoms with Crippen molar-refractivity contribution in [2.45, 2.75) is 73.5 Å². The molecular weight excluding hydrogens is 631 g/mol. The topological polar surface area (TPSA) is 0 Å². The van der Waals surface area contributed by atoms with Gasteiger partial charge < -0.3 is 0 Å². The predicted octanol–water partition coefficient (Wildman–Crippen LogP) is 9.74. The van der Waals surface area contributed by atoms with Gasteiger partial charge >= 0.3 is 244 Å². The van der Waals surface area contributed by atoms with Gasteiger partial charge in [-0.1, -0.05) is 0 Å². The molecule has 0 aromatic heterocycles. The van der Waals surface area contributed by atoms with Gasteiger partial charge in [0.2, 0.25) is 0 Å². The molecule has 4 rings (SSSR count). The number of benzene rings is 2. The second kappa shape index (κ2) is 10.2. The first-order valence-corrected chi connectivity index (χ1v) is 37.0. The van der Waals surface area contributed by atoms with E-state index < -0.39 is 37.6 Å². The standard InChI is InChI=1S/2C15H17Si.C2H7Si.2ClH.Zr/c2*1-12-10-14-7-5-6-13(15(14)11-12)8-9-16(2,3)4;1-3-2;;;/h2*5-7,10-11H,1-4H3;3H,1-2H3;2*1H;/q;;;;;+2/p-2. The van der Waals surface area contributed by atoms with Crippen molar-refractivity contribution in [3.63, 3.8) is 0 Å². The van der Waals surface area contributed by atoms with Crippen LogP contribution in [0, 0.1) is 22.9 Å². The Morgan fingerprint density at radius 1 is 0.684 bits per heavy atom.